The summed E-state index contributed by atoms with van der Waals surface area (Å²) in [5.41, 5.74) is 1.21. The van der Waals surface area contributed by atoms with E-state index in [0.29, 0.717) is 4.75 Å². The van der Waals surface area contributed by atoms with Crippen molar-refractivity contribution in [2.45, 2.75) is 44.4 Å². The molecule has 6 heteroatoms. The van der Waals surface area contributed by atoms with E-state index in [2.05, 4.69) is 52.5 Å². The molecule has 2 heterocycles. The standard InChI is InChI=1S/C15H27N5S/c1-13-10-19-20(11-13)8-5-7-17-14(16-3)18-12-15(2)6-4-9-21-15/h10-11H,4-9,12H2,1-3H3,(H2,16,17,18). The molecule has 2 N–H and O–H groups in total. The van der Waals surface area contributed by atoms with Crippen LogP contribution in [-0.2, 0) is 6.54 Å². The van der Waals surface area contributed by atoms with E-state index in [-0.39, 0.29) is 0 Å². The molecule has 0 radical (unpaired) electrons. The van der Waals surface area contributed by atoms with E-state index in [1.807, 2.05) is 17.9 Å². The molecule has 1 saturated heterocycles. The molecular formula is C15H27N5S. The van der Waals surface area contributed by atoms with Crippen molar-refractivity contribution in [1.82, 2.24) is 20.4 Å². The van der Waals surface area contributed by atoms with E-state index < -0.39 is 0 Å². The molecule has 0 spiro atoms. The summed E-state index contributed by atoms with van der Waals surface area (Å²) in [6.45, 7) is 7.23. The lowest BCUT2D eigenvalue weighted by atomic mass is 10.1. The number of nitrogens with zero attached hydrogens (tertiary/aromatic N) is 3. The Hall–Kier alpha value is -1.17. The second kappa shape index (κ2) is 7.73. The zero-order valence-corrected chi connectivity index (χ0v) is 14.2. The Morgan fingerprint density at radius 2 is 2.38 bits per heavy atom. The second-order valence-corrected chi connectivity index (χ2v) is 7.57. The van der Waals surface area contributed by atoms with Gasteiger partial charge in [0.15, 0.2) is 5.96 Å². The predicted octanol–water partition coefficient (Wildman–Crippen LogP) is 2.03. The predicted molar refractivity (Wildman–Crippen MR) is 91.0 cm³/mol. The molecular weight excluding hydrogens is 282 g/mol. The van der Waals surface area contributed by atoms with Gasteiger partial charge in [0, 0.05) is 37.6 Å². The van der Waals surface area contributed by atoms with Gasteiger partial charge < -0.3 is 10.6 Å². The van der Waals surface area contributed by atoms with Gasteiger partial charge >= 0.3 is 0 Å². The fourth-order valence-corrected chi connectivity index (χ4v) is 3.75. The molecule has 0 aliphatic carbocycles. The number of hydrogen-bond acceptors (Lipinski definition) is 3. The van der Waals surface area contributed by atoms with E-state index in [1.165, 1.54) is 24.2 Å². The van der Waals surface area contributed by atoms with Gasteiger partial charge in [-0.05, 0) is 44.4 Å². The number of aromatic nitrogens is 2. The number of thioether (sulfide) groups is 1. The van der Waals surface area contributed by atoms with Crippen LogP contribution in [0.15, 0.2) is 17.4 Å². The van der Waals surface area contributed by atoms with Gasteiger partial charge in [-0.3, -0.25) is 9.67 Å². The van der Waals surface area contributed by atoms with Crippen LogP contribution in [0.2, 0.25) is 0 Å². The van der Waals surface area contributed by atoms with E-state index in [1.54, 1.807) is 0 Å². The van der Waals surface area contributed by atoms with Crippen molar-refractivity contribution in [3.05, 3.63) is 18.0 Å². The van der Waals surface area contributed by atoms with Gasteiger partial charge in [-0.1, -0.05) is 0 Å². The third-order valence-electron chi connectivity index (χ3n) is 3.77. The highest BCUT2D eigenvalue weighted by atomic mass is 32.2. The van der Waals surface area contributed by atoms with Gasteiger partial charge in [-0.25, -0.2) is 0 Å². The molecule has 0 bridgehead atoms. The summed E-state index contributed by atoms with van der Waals surface area (Å²) >= 11 is 2.07. The van der Waals surface area contributed by atoms with E-state index in [9.17, 15) is 0 Å². The minimum absolute atomic E-state index is 0.365. The first kappa shape index (κ1) is 16.2. The Morgan fingerprint density at radius 3 is 3.00 bits per heavy atom. The topological polar surface area (TPSA) is 54.2 Å². The van der Waals surface area contributed by atoms with Crippen LogP contribution in [0.1, 0.15) is 31.7 Å². The number of hydrogen-bond donors (Lipinski definition) is 2. The number of aliphatic imine (C=N–C) groups is 1. The molecule has 0 aromatic carbocycles. The molecule has 2 rings (SSSR count). The molecule has 118 valence electrons. The van der Waals surface area contributed by atoms with Gasteiger partial charge in [0.1, 0.15) is 0 Å². The van der Waals surface area contributed by atoms with Crippen molar-refractivity contribution >= 4 is 17.7 Å². The van der Waals surface area contributed by atoms with Crippen molar-refractivity contribution in [2.75, 3.05) is 25.9 Å². The monoisotopic (exact) mass is 309 g/mol. The summed E-state index contributed by atoms with van der Waals surface area (Å²) < 4.78 is 2.35. The third-order valence-corrected chi connectivity index (χ3v) is 5.31. The zero-order chi connectivity index (χ0) is 15.1. The molecule has 1 aromatic rings. The fourth-order valence-electron chi connectivity index (χ4n) is 2.50. The lowest BCUT2D eigenvalue weighted by Gasteiger charge is -2.24. The van der Waals surface area contributed by atoms with Gasteiger partial charge in [-0.2, -0.15) is 16.9 Å². The smallest absolute Gasteiger partial charge is 0.191 e. The van der Waals surface area contributed by atoms with Crippen molar-refractivity contribution < 1.29 is 0 Å². The highest BCUT2D eigenvalue weighted by Crippen LogP contribution is 2.36. The van der Waals surface area contributed by atoms with Gasteiger partial charge in [-0.15, -0.1) is 0 Å². The Bertz CT molecular complexity index is 462. The average Bonchev–Trinajstić information content (AvgIpc) is 3.07. The van der Waals surface area contributed by atoms with Crippen LogP contribution in [-0.4, -0.2) is 46.4 Å². The molecule has 1 atom stereocenters. The fraction of sp³-hybridized carbons (Fsp3) is 0.733. The number of nitrogens with one attached hydrogen (secondary N) is 2. The minimum Gasteiger partial charge on any atom is -0.356 e. The quantitative estimate of drug-likeness (QED) is 0.480. The first-order chi connectivity index (χ1) is 10.1. The van der Waals surface area contributed by atoms with Crippen LogP contribution in [0.25, 0.3) is 0 Å². The molecule has 1 fully saturated rings. The summed E-state index contributed by atoms with van der Waals surface area (Å²) in [7, 11) is 1.83. The lowest BCUT2D eigenvalue weighted by molar-refractivity contribution is 0.561. The lowest BCUT2D eigenvalue weighted by Crippen LogP contribution is -2.44. The Kier molecular flexibility index (Phi) is 5.96. The molecule has 0 saturated carbocycles. The third kappa shape index (κ3) is 5.26. The van der Waals surface area contributed by atoms with E-state index in [0.717, 1.165) is 32.0 Å². The molecule has 1 unspecified atom stereocenters. The van der Waals surface area contributed by atoms with Crippen LogP contribution in [0.5, 0.6) is 0 Å². The molecule has 1 aromatic heterocycles. The first-order valence-electron chi connectivity index (χ1n) is 7.69. The second-order valence-electron chi connectivity index (χ2n) is 5.89. The normalized spacial score (nSPS) is 22.5. The largest absolute Gasteiger partial charge is 0.356 e. The molecule has 21 heavy (non-hydrogen) atoms. The Morgan fingerprint density at radius 1 is 1.52 bits per heavy atom. The van der Waals surface area contributed by atoms with E-state index >= 15 is 0 Å². The Labute approximate surface area is 132 Å². The van der Waals surface area contributed by atoms with Crippen molar-refractivity contribution in [2.24, 2.45) is 4.99 Å². The van der Waals surface area contributed by atoms with Crippen LogP contribution in [0.3, 0.4) is 0 Å². The zero-order valence-electron chi connectivity index (χ0n) is 13.4. The van der Waals surface area contributed by atoms with Gasteiger partial charge in [0.2, 0.25) is 0 Å². The maximum Gasteiger partial charge on any atom is 0.191 e. The van der Waals surface area contributed by atoms with Crippen molar-refractivity contribution in [3.8, 4) is 0 Å². The maximum atomic E-state index is 4.29. The molecule has 1 aliphatic heterocycles. The number of guanidine groups is 1. The number of rotatable bonds is 6. The first-order valence-corrected chi connectivity index (χ1v) is 8.67. The SMILES string of the molecule is CN=C(NCCCn1cc(C)cn1)NCC1(C)CCCS1. The summed E-state index contributed by atoms with van der Waals surface area (Å²) in [6, 6.07) is 0. The van der Waals surface area contributed by atoms with Crippen molar-refractivity contribution in [3.63, 3.8) is 0 Å². The van der Waals surface area contributed by atoms with Crippen molar-refractivity contribution in [1.29, 1.82) is 0 Å². The highest BCUT2D eigenvalue weighted by molar-refractivity contribution is 8.00. The maximum absolute atomic E-state index is 4.29. The number of aryl methyl sites for hydroxylation is 2. The van der Waals surface area contributed by atoms with Crippen LogP contribution >= 0.6 is 11.8 Å². The summed E-state index contributed by atoms with van der Waals surface area (Å²) in [5.74, 6) is 2.19. The van der Waals surface area contributed by atoms with Crippen LogP contribution < -0.4 is 10.6 Å². The highest BCUT2D eigenvalue weighted by Gasteiger charge is 2.29. The molecule has 0 amide bonds. The van der Waals surface area contributed by atoms with Crippen LogP contribution in [0.4, 0.5) is 0 Å². The molecule has 1 aliphatic rings. The molecule has 5 nitrogen and oxygen atoms in total. The van der Waals surface area contributed by atoms with E-state index in [4.69, 9.17) is 0 Å². The summed E-state index contributed by atoms with van der Waals surface area (Å²) in [5, 5.41) is 11.1. The summed E-state index contributed by atoms with van der Waals surface area (Å²) in [4.78, 5) is 4.29. The van der Waals surface area contributed by atoms with Crippen LogP contribution in [0, 0.1) is 6.92 Å². The minimum atomic E-state index is 0.365. The van der Waals surface area contributed by atoms with Gasteiger partial charge in [0.05, 0.1) is 6.20 Å². The Balaban J connectivity index is 1.63. The summed E-state index contributed by atoms with van der Waals surface area (Å²) in [6.07, 6.45) is 7.63. The van der Waals surface area contributed by atoms with Gasteiger partial charge in [0.25, 0.3) is 0 Å². The average molecular weight is 309 g/mol.